The van der Waals surface area contributed by atoms with Gasteiger partial charge in [-0.25, -0.2) is 0 Å². The number of hydrogen-bond donors (Lipinski definition) is 2. The van der Waals surface area contributed by atoms with Crippen molar-refractivity contribution >= 4 is 35.1 Å². The van der Waals surface area contributed by atoms with E-state index in [4.69, 9.17) is 23.2 Å². The van der Waals surface area contributed by atoms with Crippen LogP contribution in [0, 0.1) is 5.92 Å². The first-order chi connectivity index (χ1) is 9.15. The molecule has 2 N–H and O–H groups in total. The van der Waals surface area contributed by atoms with E-state index in [1.165, 1.54) is 0 Å². The molecule has 1 aliphatic carbocycles. The number of nitrogens with zero attached hydrogens (tertiary/aromatic N) is 3. The monoisotopic (exact) mass is 297 g/mol. The molecule has 1 aromatic carbocycles. The highest BCUT2D eigenvalue weighted by Gasteiger charge is 2.45. The number of nitrogens with one attached hydrogen (secondary N) is 2. The van der Waals surface area contributed by atoms with Gasteiger partial charge in [-0.3, -0.25) is 10.1 Å². The molecule has 1 heterocycles. The number of carbonyl (C=O) groups excluding carboxylic acids is 1. The Balaban J connectivity index is 1.69. The summed E-state index contributed by atoms with van der Waals surface area (Å²) >= 11 is 12.0. The maximum Gasteiger partial charge on any atom is 0.269 e. The van der Waals surface area contributed by atoms with Crippen LogP contribution in [0.3, 0.4) is 0 Å². The van der Waals surface area contributed by atoms with Gasteiger partial charge in [0, 0.05) is 16.0 Å². The molecule has 6 nitrogen and oxygen atoms in total. The van der Waals surface area contributed by atoms with Crippen LogP contribution in [0.5, 0.6) is 0 Å². The molecule has 1 saturated carbocycles. The number of benzene rings is 1. The fourth-order valence-electron chi connectivity index (χ4n) is 2.05. The van der Waals surface area contributed by atoms with Crippen LogP contribution >= 0.6 is 23.2 Å². The second-order valence-corrected chi connectivity index (χ2v) is 5.18. The summed E-state index contributed by atoms with van der Waals surface area (Å²) in [6.07, 6.45) is 0.755. The Morgan fingerprint density at radius 1 is 1.42 bits per heavy atom. The lowest BCUT2D eigenvalue weighted by atomic mass is 10.1. The first kappa shape index (κ1) is 12.4. The Kier molecular flexibility index (Phi) is 3.12. The van der Waals surface area contributed by atoms with Crippen molar-refractivity contribution in [1.29, 1.82) is 0 Å². The molecule has 0 saturated heterocycles. The van der Waals surface area contributed by atoms with E-state index in [-0.39, 0.29) is 23.7 Å². The molecule has 1 amide bonds. The van der Waals surface area contributed by atoms with Crippen molar-refractivity contribution in [2.24, 2.45) is 5.92 Å². The van der Waals surface area contributed by atoms with Crippen molar-refractivity contribution in [3.05, 3.63) is 33.8 Å². The summed E-state index contributed by atoms with van der Waals surface area (Å²) in [7, 11) is 0. The Labute approximate surface area is 118 Å². The molecular weight excluding hydrogens is 289 g/mol. The van der Waals surface area contributed by atoms with Crippen LogP contribution in [-0.2, 0) is 4.79 Å². The zero-order chi connectivity index (χ0) is 13.4. The normalized spacial score (nSPS) is 21.2. The van der Waals surface area contributed by atoms with Crippen LogP contribution in [0.2, 0.25) is 10.0 Å². The van der Waals surface area contributed by atoms with E-state index in [0.29, 0.717) is 10.0 Å². The van der Waals surface area contributed by atoms with Gasteiger partial charge in [-0.1, -0.05) is 34.4 Å². The molecule has 0 radical (unpaired) electrons. The van der Waals surface area contributed by atoms with E-state index in [2.05, 4.69) is 25.9 Å². The Morgan fingerprint density at radius 2 is 2.26 bits per heavy atom. The molecular formula is C11H9Cl2N5O. The Hall–Kier alpha value is -1.66. The van der Waals surface area contributed by atoms with Crippen molar-refractivity contribution in [2.45, 2.75) is 12.3 Å². The minimum atomic E-state index is -0.127. The van der Waals surface area contributed by atoms with E-state index in [1.54, 1.807) is 12.1 Å². The van der Waals surface area contributed by atoms with Gasteiger partial charge in [-0.2, -0.15) is 5.21 Å². The van der Waals surface area contributed by atoms with Gasteiger partial charge >= 0.3 is 0 Å². The van der Waals surface area contributed by atoms with E-state index in [0.717, 1.165) is 12.0 Å². The molecule has 1 aliphatic rings. The van der Waals surface area contributed by atoms with Gasteiger partial charge in [-0.05, 0) is 35.2 Å². The number of rotatable bonds is 3. The summed E-state index contributed by atoms with van der Waals surface area (Å²) in [6, 6.07) is 5.32. The highest BCUT2D eigenvalue weighted by molar-refractivity contribution is 6.35. The fraction of sp³-hybridized carbons (Fsp3) is 0.273. The summed E-state index contributed by atoms with van der Waals surface area (Å²) in [6.45, 7) is 0. The molecule has 0 unspecified atom stereocenters. The molecule has 1 aromatic heterocycles. The summed E-state index contributed by atoms with van der Waals surface area (Å²) in [5.74, 6) is 0.0594. The van der Waals surface area contributed by atoms with Crippen molar-refractivity contribution in [2.75, 3.05) is 5.32 Å². The maximum absolute atomic E-state index is 11.9. The van der Waals surface area contributed by atoms with Crippen LogP contribution in [0.25, 0.3) is 0 Å². The molecule has 3 rings (SSSR count). The van der Waals surface area contributed by atoms with Crippen LogP contribution < -0.4 is 5.32 Å². The molecule has 1 fully saturated rings. The average molecular weight is 298 g/mol. The van der Waals surface area contributed by atoms with Gasteiger partial charge in [0.05, 0.1) is 0 Å². The summed E-state index contributed by atoms with van der Waals surface area (Å²) in [4.78, 5) is 11.9. The van der Waals surface area contributed by atoms with Gasteiger partial charge in [0.25, 0.3) is 5.95 Å². The van der Waals surface area contributed by atoms with Gasteiger partial charge in [-0.15, -0.1) is 5.10 Å². The minimum Gasteiger partial charge on any atom is -0.292 e. The third-order valence-electron chi connectivity index (χ3n) is 3.07. The van der Waals surface area contributed by atoms with Crippen LogP contribution in [0.15, 0.2) is 18.2 Å². The van der Waals surface area contributed by atoms with Crippen molar-refractivity contribution < 1.29 is 4.79 Å². The summed E-state index contributed by atoms with van der Waals surface area (Å²) < 4.78 is 0. The van der Waals surface area contributed by atoms with Gasteiger partial charge in [0.15, 0.2) is 0 Å². The lowest BCUT2D eigenvalue weighted by molar-refractivity contribution is -0.117. The molecule has 0 spiro atoms. The van der Waals surface area contributed by atoms with Gasteiger partial charge in [0.2, 0.25) is 5.91 Å². The largest absolute Gasteiger partial charge is 0.292 e. The third-order valence-corrected chi connectivity index (χ3v) is 3.63. The van der Waals surface area contributed by atoms with Crippen LogP contribution in [0.1, 0.15) is 17.9 Å². The van der Waals surface area contributed by atoms with Crippen molar-refractivity contribution in [3.63, 3.8) is 0 Å². The first-order valence-electron chi connectivity index (χ1n) is 5.64. The minimum absolute atomic E-state index is 0.114. The number of aromatic amines is 1. The zero-order valence-electron chi connectivity index (χ0n) is 9.60. The lowest BCUT2D eigenvalue weighted by Gasteiger charge is -2.04. The maximum atomic E-state index is 11.9. The van der Waals surface area contributed by atoms with E-state index >= 15 is 0 Å². The van der Waals surface area contributed by atoms with E-state index in [9.17, 15) is 4.79 Å². The number of hydrogen-bond acceptors (Lipinski definition) is 4. The van der Waals surface area contributed by atoms with Gasteiger partial charge < -0.3 is 0 Å². The number of halogens is 2. The number of amides is 1. The molecule has 2 aromatic rings. The average Bonchev–Trinajstić information content (AvgIpc) is 2.99. The summed E-state index contributed by atoms with van der Waals surface area (Å²) in [5.41, 5.74) is 0.944. The quantitative estimate of drug-likeness (QED) is 0.910. The standard InChI is InChI=1S/C11H9Cl2N5O/c12-5-1-2-6(9(13)3-5)7-4-8(7)10(19)14-11-15-17-18-16-11/h1-3,7-8H,4H2,(H2,14,15,16,17,18,19)/t7-,8+/m1/s1. The molecule has 0 aliphatic heterocycles. The Morgan fingerprint density at radius 3 is 2.95 bits per heavy atom. The lowest BCUT2D eigenvalue weighted by Crippen LogP contribution is -2.15. The van der Waals surface area contributed by atoms with Crippen LogP contribution in [-0.4, -0.2) is 26.5 Å². The Bertz CT molecular complexity index is 616. The van der Waals surface area contributed by atoms with Crippen molar-refractivity contribution in [3.8, 4) is 0 Å². The number of tetrazole rings is 1. The predicted molar refractivity (Wildman–Crippen MR) is 70.1 cm³/mol. The number of anilines is 1. The SMILES string of the molecule is O=C(Nc1nn[nH]n1)[C@H]1C[C@@H]1c1ccc(Cl)cc1Cl. The van der Waals surface area contributed by atoms with Crippen molar-refractivity contribution in [1.82, 2.24) is 20.6 Å². The van der Waals surface area contributed by atoms with Crippen LogP contribution in [0.4, 0.5) is 5.95 Å². The van der Waals surface area contributed by atoms with E-state index in [1.807, 2.05) is 6.07 Å². The second-order valence-electron chi connectivity index (χ2n) is 4.34. The number of carbonyl (C=O) groups is 1. The topological polar surface area (TPSA) is 83.6 Å². The molecule has 2 atom stereocenters. The predicted octanol–water partition coefficient (Wildman–Crippen LogP) is 2.25. The second kappa shape index (κ2) is 4.79. The van der Waals surface area contributed by atoms with E-state index < -0.39 is 0 Å². The smallest absolute Gasteiger partial charge is 0.269 e. The van der Waals surface area contributed by atoms with Gasteiger partial charge in [0.1, 0.15) is 0 Å². The molecule has 8 heteroatoms. The zero-order valence-corrected chi connectivity index (χ0v) is 11.1. The molecule has 98 valence electrons. The third kappa shape index (κ3) is 2.54. The first-order valence-corrected chi connectivity index (χ1v) is 6.40. The number of aromatic nitrogens is 4. The summed E-state index contributed by atoms with van der Waals surface area (Å²) in [5, 5.41) is 16.7. The highest BCUT2D eigenvalue weighted by atomic mass is 35.5. The molecule has 0 bridgehead atoms. The number of H-pyrrole nitrogens is 1. The fourth-order valence-corrected chi connectivity index (χ4v) is 2.60. The molecule has 19 heavy (non-hydrogen) atoms. The highest BCUT2D eigenvalue weighted by Crippen LogP contribution is 2.50.